The highest BCUT2D eigenvalue weighted by Gasteiger charge is 2.37. The Kier molecular flexibility index (Phi) is 4.57. The van der Waals surface area contributed by atoms with Crippen LogP contribution in [0.1, 0.15) is 43.0 Å². The van der Waals surface area contributed by atoms with Gasteiger partial charge in [-0.3, -0.25) is 4.79 Å². The molecule has 2 aliphatic rings. The van der Waals surface area contributed by atoms with Crippen LogP contribution in [0.25, 0.3) is 5.78 Å². The summed E-state index contributed by atoms with van der Waals surface area (Å²) in [5.74, 6) is -0.820. The maximum atomic E-state index is 13.4. The third-order valence-corrected chi connectivity index (χ3v) is 7.02. The summed E-state index contributed by atoms with van der Waals surface area (Å²) in [4.78, 5) is 22.6. The van der Waals surface area contributed by atoms with Gasteiger partial charge < -0.3 is 4.90 Å². The van der Waals surface area contributed by atoms with Crippen LogP contribution >= 0.6 is 0 Å². The number of aromatic nitrogens is 4. The number of nitrogens with zero attached hydrogens (tertiary/aromatic N) is 5. The molecule has 146 valence electrons. The van der Waals surface area contributed by atoms with Crippen LogP contribution in [-0.4, -0.2) is 63.4 Å². The molecular formula is C16H19F2N5O3S. The Morgan fingerprint density at radius 1 is 1.30 bits per heavy atom. The fraction of sp³-hybridized carbons (Fsp3) is 0.625. The number of carbonyl (C=O) groups excluding carboxylic acids is 1. The summed E-state index contributed by atoms with van der Waals surface area (Å²) < 4.78 is 51.0. The second-order valence-corrected chi connectivity index (χ2v) is 9.33. The number of alkyl halides is 2. The van der Waals surface area contributed by atoms with Crippen molar-refractivity contribution in [3.8, 4) is 0 Å². The summed E-state index contributed by atoms with van der Waals surface area (Å²) in [7, 11) is -3.14. The molecule has 0 radical (unpaired) electrons. The summed E-state index contributed by atoms with van der Waals surface area (Å²) >= 11 is 0. The predicted molar refractivity (Wildman–Crippen MR) is 91.1 cm³/mol. The number of hydrogen-bond acceptors (Lipinski definition) is 6. The van der Waals surface area contributed by atoms with E-state index in [1.165, 1.54) is 12.4 Å². The van der Waals surface area contributed by atoms with Gasteiger partial charge in [-0.1, -0.05) is 0 Å². The number of fused-ring (bicyclic) bond motifs is 1. The monoisotopic (exact) mass is 399 g/mol. The summed E-state index contributed by atoms with van der Waals surface area (Å²) in [5.41, 5.74) is 0.181. The minimum atomic E-state index is -3.14. The molecule has 0 spiro atoms. The van der Waals surface area contributed by atoms with E-state index in [-0.39, 0.29) is 34.8 Å². The van der Waals surface area contributed by atoms with Crippen molar-refractivity contribution in [1.82, 2.24) is 24.5 Å². The van der Waals surface area contributed by atoms with Gasteiger partial charge in [0, 0.05) is 19.0 Å². The summed E-state index contributed by atoms with van der Waals surface area (Å²) in [6.07, 6.45) is 0.226. The third-order valence-electron chi connectivity index (χ3n) is 5.26. The van der Waals surface area contributed by atoms with Gasteiger partial charge in [0.05, 0.1) is 23.1 Å². The Morgan fingerprint density at radius 2 is 2.11 bits per heavy atom. The Balaban J connectivity index is 1.56. The van der Waals surface area contributed by atoms with Crippen LogP contribution in [0.5, 0.6) is 0 Å². The van der Waals surface area contributed by atoms with E-state index in [4.69, 9.17) is 0 Å². The molecule has 2 aliphatic heterocycles. The molecule has 0 bridgehead atoms. The molecule has 4 heterocycles. The molecule has 1 amide bonds. The average Bonchev–Trinajstić information content (AvgIpc) is 3.26. The van der Waals surface area contributed by atoms with Gasteiger partial charge in [0.15, 0.2) is 9.84 Å². The van der Waals surface area contributed by atoms with Crippen LogP contribution in [0.4, 0.5) is 8.78 Å². The number of sulfone groups is 1. The average molecular weight is 399 g/mol. The van der Waals surface area contributed by atoms with Gasteiger partial charge in [0.1, 0.15) is 12.0 Å². The van der Waals surface area contributed by atoms with E-state index < -0.39 is 22.2 Å². The number of carbonyl (C=O) groups is 1. The van der Waals surface area contributed by atoms with Gasteiger partial charge in [-0.25, -0.2) is 22.2 Å². The molecule has 2 atom stereocenters. The zero-order valence-electron chi connectivity index (χ0n) is 14.5. The number of amides is 1. The van der Waals surface area contributed by atoms with Crippen LogP contribution in [-0.2, 0) is 14.6 Å². The fourth-order valence-corrected chi connectivity index (χ4v) is 5.62. The van der Waals surface area contributed by atoms with Crippen LogP contribution in [0.15, 0.2) is 12.4 Å². The molecule has 2 saturated heterocycles. The number of likely N-dealkylation sites (tertiary alicyclic amines) is 1. The van der Waals surface area contributed by atoms with E-state index in [0.717, 1.165) is 4.52 Å². The zero-order chi connectivity index (χ0) is 19.2. The summed E-state index contributed by atoms with van der Waals surface area (Å²) in [6.45, 7) is 0.885. The van der Waals surface area contributed by atoms with Crippen LogP contribution in [0.2, 0.25) is 0 Å². The molecule has 0 unspecified atom stereocenters. The van der Waals surface area contributed by atoms with Crippen molar-refractivity contribution < 1.29 is 22.0 Å². The van der Waals surface area contributed by atoms with Gasteiger partial charge in [0.2, 0.25) is 5.91 Å². The Hall–Kier alpha value is -2.17. The number of rotatable bonds is 3. The number of hydrogen-bond donors (Lipinski definition) is 0. The van der Waals surface area contributed by atoms with E-state index in [2.05, 4.69) is 15.1 Å². The van der Waals surface area contributed by atoms with Gasteiger partial charge >= 0.3 is 0 Å². The molecule has 2 aromatic rings. The van der Waals surface area contributed by atoms with Crippen LogP contribution < -0.4 is 0 Å². The minimum Gasteiger partial charge on any atom is -0.342 e. The van der Waals surface area contributed by atoms with Crippen molar-refractivity contribution in [2.75, 3.05) is 24.6 Å². The quantitative estimate of drug-likeness (QED) is 0.769. The first kappa shape index (κ1) is 18.2. The lowest BCUT2D eigenvalue weighted by atomic mass is 9.93. The first-order valence-corrected chi connectivity index (χ1v) is 10.6. The largest absolute Gasteiger partial charge is 0.342 e. The number of halogens is 2. The highest BCUT2D eigenvalue weighted by Crippen LogP contribution is 2.30. The summed E-state index contributed by atoms with van der Waals surface area (Å²) in [6, 6.07) is 1.32. The SMILES string of the molecule is O=C([C@H]1CCS(=O)(=O)C1)N1CCC[C@@H](c2cc(C(F)F)n3ncnc3n2)C1. The Bertz CT molecular complexity index is 978. The molecule has 2 aromatic heterocycles. The fourth-order valence-electron chi connectivity index (χ4n) is 3.89. The molecule has 2 fully saturated rings. The molecule has 27 heavy (non-hydrogen) atoms. The van der Waals surface area contributed by atoms with E-state index >= 15 is 0 Å². The van der Waals surface area contributed by atoms with Crippen molar-refractivity contribution in [2.24, 2.45) is 5.92 Å². The van der Waals surface area contributed by atoms with Gasteiger partial charge in [-0.15, -0.1) is 0 Å². The molecule has 8 nitrogen and oxygen atoms in total. The highest BCUT2D eigenvalue weighted by molar-refractivity contribution is 7.91. The van der Waals surface area contributed by atoms with Gasteiger partial charge in [-0.05, 0) is 25.3 Å². The Labute approximate surface area is 154 Å². The van der Waals surface area contributed by atoms with Gasteiger partial charge in [-0.2, -0.15) is 14.6 Å². The van der Waals surface area contributed by atoms with Crippen molar-refractivity contribution >= 4 is 21.5 Å². The van der Waals surface area contributed by atoms with E-state index in [1.807, 2.05) is 0 Å². The van der Waals surface area contributed by atoms with E-state index in [9.17, 15) is 22.0 Å². The Morgan fingerprint density at radius 3 is 2.81 bits per heavy atom. The maximum Gasteiger partial charge on any atom is 0.280 e. The summed E-state index contributed by atoms with van der Waals surface area (Å²) in [5, 5.41) is 3.78. The van der Waals surface area contributed by atoms with Crippen molar-refractivity contribution in [3.63, 3.8) is 0 Å². The second-order valence-electron chi connectivity index (χ2n) is 7.10. The lowest BCUT2D eigenvalue weighted by Crippen LogP contribution is -2.42. The molecular weight excluding hydrogens is 380 g/mol. The van der Waals surface area contributed by atoms with Crippen LogP contribution in [0, 0.1) is 5.92 Å². The molecule has 4 rings (SSSR count). The molecule has 11 heteroatoms. The van der Waals surface area contributed by atoms with E-state index in [0.29, 0.717) is 38.0 Å². The zero-order valence-corrected chi connectivity index (χ0v) is 15.3. The first-order chi connectivity index (χ1) is 12.8. The molecule has 0 N–H and O–H groups in total. The molecule has 0 aromatic carbocycles. The lowest BCUT2D eigenvalue weighted by molar-refractivity contribution is -0.136. The van der Waals surface area contributed by atoms with E-state index in [1.54, 1.807) is 4.90 Å². The van der Waals surface area contributed by atoms with Gasteiger partial charge in [0.25, 0.3) is 12.2 Å². The minimum absolute atomic E-state index is 0.0452. The first-order valence-electron chi connectivity index (χ1n) is 8.82. The third kappa shape index (κ3) is 3.52. The maximum absolute atomic E-state index is 13.4. The highest BCUT2D eigenvalue weighted by atomic mass is 32.2. The topological polar surface area (TPSA) is 97.5 Å². The molecule has 0 saturated carbocycles. The standard InChI is InChI=1S/C16H19F2N5O3S/c17-14(18)13-6-12(21-16-19-9-20-23(13)16)10-2-1-4-22(7-10)15(24)11-3-5-27(25,26)8-11/h6,9-11,14H,1-5,7-8H2/t10-,11+/m1/s1. The van der Waals surface area contributed by atoms with Crippen molar-refractivity contribution in [2.45, 2.75) is 31.6 Å². The normalized spacial score (nSPS) is 25.4. The van der Waals surface area contributed by atoms with Crippen molar-refractivity contribution in [3.05, 3.63) is 23.8 Å². The second kappa shape index (κ2) is 6.77. The van der Waals surface area contributed by atoms with Crippen molar-refractivity contribution in [1.29, 1.82) is 0 Å². The smallest absolute Gasteiger partial charge is 0.280 e. The molecule has 0 aliphatic carbocycles. The van der Waals surface area contributed by atoms with Crippen LogP contribution in [0.3, 0.4) is 0 Å². The number of piperidine rings is 1. The predicted octanol–water partition coefficient (Wildman–Crippen LogP) is 1.20. The lowest BCUT2D eigenvalue weighted by Gasteiger charge is -2.34.